The molecule has 0 unspecified atom stereocenters. The average Bonchev–Trinajstić information content (AvgIpc) is 3.23. The van der Waals surface area contributed by atoms with Crippen LogP contribution in [0.4, 0.5) is 15.3 Å². The highest BCUT2D eigenvalue weighted by atomic mass is 16.6. The molecule has 4 aliphatic rings. The summed E-state index contributed by atoms with van der Waals surface area (Å²) in [5.74, 6) is -0.00235. The standard InChI is InChI=1S/C34H45N5O5/c40-29-10-8-25(9-11-29)24-31(32(41)37-19-13-27(14-20-37)36-17-4-1-5-18-36)44-34(43)38-21-15-28(16-22-38)39-23-12-26-6-2-3-7-30(26)35-33(39)42/h2-3,6-11,27-28,31,40H,1,4-5,12-24H2,(H,35,42)/t31-/m1/s1. The van der Waals surface area contributed by atoms with Gasteiger partial charge in [-0.3, -0.25) is 4.79 Å². The molecule has 236 valence electrons. The average molecular weight is 604 g/mol. The van der Waals surface area contributed by atoms with Crippen LogP contribution >= 0.6 is 0 Å². The van der Waals surface area contributed by atoms with Crippen molar-refractivity contribution < 1.29 is 24.2 Å². The van der Waals surface area contributed by atoms with Gasteiger partial charge in [-0.1, -0.05) is 36.8 Å². The molecule has 2 aromatic carbocycles. The van der Waals surface area contributed by atoms with Gasteiger partial charge in [0.25, 0.3) is 5.91 Å². The summed E-state index contributed by atoms with van der Waals surface area (Å²) in [6.45, 7) is 5.17. The number of aromatic hydroxyl groups is 1. The first-order chi connectivity index (χ1) is 21.4. The van der Waals surface area contributed by atoms with Crippen molar-refractivity contribution >= 4 is 23.7 Å². The lowest BCUT2D eigenvalue weighted by Gasteiger charge is -2.41. The first-order valence-corrected chi connectivity index (χ1v) is 16.4. The van der Waals surface area contributed by atoms with E-state index in [0.29, 0.717) is 51.6 Å². The third kappa shape index (κ3) is 7.12. The normalized spacial score (nSPS) is 21.3. The van der Waals surface area contributed by atoms with Crippen LogP contribution in [0.15, 0.2) is 48.5 Å². The number of carbonyl (C=O) groups is 3. The van der Waals surface area contributed by atoms with Crippen LogP contribution in [-0.4, -0.2) is 107 Å². The Morgan fingerprint density at radius 1 is 0.818 bits per heavy atom. The highest BCUT2D eigenvalue weighted by Gasteiger charge is 2.36. The van der Waals surface area contributed by atoms with Crippen LogP contribution in [0.25, 0.3) is 0 Å². The summed E-state index contributed by atoms with van der Waals surface area (Å²) in [5, 5.41) is 12.8. The van der Waals surface area contributed by atoms with E-state index in [9.17, 15) is 19.5 Å². The van der Waals surface area contributed by atoms with E-state index in [2.05, 4.69) is 10.2 Å². The molecule has 3 fully saturated rings. The van der Waals surface area contributed by atoms with Gasteiger partial charge in [0.2, 0.25) is 0 Å². The van der Waals surface area contributed by atoms with Gasteiger partial charge in [0.05, 0.1) is 0 Å². The zero-order valence-electron chi connectivity index (χ0n) is 25.5. The van der Waals surface area contributed by atoms with E-state index in [-0.39, 0.29) is 30.2 Å². The van der Waals surface area contributed by atoms with Crippen molar-refractivity contribution in [2.75, 3.05) is 51.1 Å². The van der Waals surface area contributed by atoms with Crippen LogP contribution in [-0.2, 0) is 22.4 Å². The van der Waals surface area contributed by atoms with E-state index >= 15 is 0 Å². The van der Waals surface area contributed by atoms with Crippen molar-refractivity contribution in [2.45, 2.75) is 76.0 Å². The van der Waals surface area contributed by atoms with Gasteiger partial charge in [-0.05, 0) is 87.4 Å². The number of fused-ring (bicyclic) bond motifs is 1. The Morgan fingerprint density at radius 3 is 2.20 bits per heavy atom. The summed E-state index contributed by atoms with van der Waals surface area (Å²) >= 11 is 0. The van der Waals surface area contributed by atoms with Gasteiger partial charge in [0, 0.05) is 56.9 Å². The number of carbonyl (C=O) groups excluding carboxylic acids is 3. The van der Waals surface area contributed by atoms with E-state index in [4.69, 9.17) is 4.74 Å². The molecule has 0 aliphatic carbocycles. The van der Waals surface area contributed by atoms with Gasteiger partial charge in [0.1, 0.15) is 5.75 Å². The van der Waals surface area contributed by atoms with Crippen LogP contribution in [0, 0.1) is 0 Å². The molecule has 10 heteroatoms. The Bertz CT molecular complexity index is 1300. The summed E-state index contributed by atoms with van der Waals surface area (Å²) in [6.07, 6.45) is 6.60. The van der Waals surface area contributed by atoms with E-state index in [1.54, 1.807) is 29.2 Å². The molecular weight excluding hydrogens is 558 g/mol. The largest absolute Gasteiger partial charge is 0.508 e. The molecule has 10 nitrogen and oxygen atoms in total. The Morgan fingerprint density at radius 2 is 1.48 bits per heavy atom. The van der Waals surface area contributed by atoms with E-state index in [1.165, 1.54) is 19.3 Å². The number of para-hydroxylation sites is 1. The highest BCUT2D eigenvalue weighted by Crippen LogP contribution is 2.26. The molecule has 4 amide bonds. The topological polar surface area (TPSA) is 106 Å². The molecular formula is C34H45N5O5. The monoisotopic (exact) mass is 603 g/mol. The zero-order valence-corrected chi connectivity index (χ0v) is 25.5. The van der Waals surface area contributed by atoms with Crippen molar-refractivity contribution in [3.8, 4) is 5.75 Å². The fraction of sp³-hybridized carbons (Fsp3) is 0.559. The van der Waals surface area contributed by atoms with Crippen molar-refractivity contribution in [1.82, 2.24) is 19.6 Å². The molecule has 2 N–H and O–H groups in total. The molecule has 2 aromatic rings. The van der Waals surface area contributed by atoms with Crippen molar-refractivity contribution in [1.29, 1.82) is 0 Å². The predicted molar refractivity (Wildman–Crippen MR) is 168 cm³/mol. The number of hydrogen-bond acceptors (Lipinski definition) is 6. The molecule has 0 saturated carbocycles. The third-order valence-electron chi connectivity index (χ3n) is 9.86. The van der Waals surface area contributed by atoms with Gasteiger partial charge in [-0.15, -0.1) is 0 Å². The molecule has 0 spiro atoms. The van der Waals surface area contributed by atoms with Gasteiger partial charge in [-0.25, -0.2) is 9.59 Å². The summed E-state index contributed by atoms with van der Waals surface area (Å²) in [5.41, 5.74) is 2.81. The maximum Gasteiger partial charge on any atom is 0.410 e. The number of phenols is 1. The van der Waals surface area contributed by atoms with E-state index < -0.39 is 12.2 Å². The summed E-state index contributed by atoms with van der Waals surface area (Å²) in [4.78, 5) is 48.3. The minimum atomic E-state index is -0.939. The number of anilines is 1. The zero-order chi connectivity index (χ0) is 30.5. The minimum absolute atomic E-state index is 0.0315. The fourth-order valence-electron chi connectivity index (χ4n) is 7.26. The van der Waals surface area contributed by atoms with Gasteiger partial charge in [-0.2, -0.15) is 0 Å². The summed E-state index contributed by atoms with van der Waals surface area (Å²) < 4.78 is 5.98. The number of nitrogens with zero attached hydrogens (tertiary/aromatic N) is 4. The second-order valence-electron chi connectivity index (χ2n) is 12.6. The number of urea groups is 1. The quantitative estimate of drug-likeness (QED) is 0.505. The van der Waals surface area contributed by atoms with Crippen LogP contribution in [0.5, 0.6) is 5.75 Å². The van der Waals surface area contributed by atoms with Crippen LogP contribution < -0.4 is 5.32 Å². The molecule has 1 atom stereocenters. The Kier molecular flexibility index (Phi) is 9.54. The van der Waals surface area contributed by atoms with Crippen LogP contribution in [0.2, 0.25) is 0 Å². The number of ether oxygens (including phenoxy) is 1. The Balaban J connectivity index is 1.06. The molecule has 6 rings (SSSR count). The number of amides is 4. The summed E-state index contributed by atoms with van der Waals surface area (Å²) in [6, 6.07) is 15.0. The lowest BCUT2D eigenvalue weighted by atomic mass is 9.99. The second-order valence-corrected chi connectivity index (χ2v) is 12.6. The third-order valence-corrected chi connectivity index (χ3v) is 9.86. The molecule has 44 heavy (non-hydrogen) atoms. The number of phenolic OH excluding ortho intramolecular Hbond substituents is 1. The van der Waals surface area contributed by atoms with Crippen LogP contribution in [0.1, 0.15) is 56.1 Å². The lowest BCUT2D eigenvalue weighted by molar-refractivity contribution is -0.142. The van der Waals surface area contributed by atoms with Crippen molar-refractivity contribution in [3.63, 3.8) is 0 Å². The van der Waals surface area contributed by atoms with Crippen LogP contribution in [0.3, 0.4) is 0 Å². The Hall–Kier alpha value is -3.79. The minimum Gasteiger partial charge on any atom is -0.508 e. The number of nitrogens with one attached hydrogen (secondary N) is 1. The van der Waals surface area contributed by atoms with E-state index in [0.717, 1.165) is 49.2 Å². The maximum atomic E-state index is 13.8. The second kappa shape index (κ2) is 13.9. The van der Waals surface area contributed by atoms with Crippen molar-refractivity contribution in [2.24, 2.45) is 0 Å². The smallest absolute Gasteiger partial charge is 0.410 e. The molecule has 4 aliphatic heterocycles. The lowest BCUT2D eigenvalue weighted by Crippen LogP contribution is -2.53. The molecule has 0 bridgehead atoms. The van der Waals surface area contributed by atoms with E-state index in [1.807, 2.05) is 34.1 Å². The molecule has 0 radical (unpaired) electrons. The van der Waals surface area contributed by atoms with Gasteiger partial charge in [0.15, 0.2) is 6.10 Å². The number of benzene rings is 2. The van der Waals surface area contributed by atoms with Gasteiger partial charge >= 0.3 is 12.1 Å². The number of likely N-dealkylation sites (tertiary alicyclic amines) is 3. The summed E-state index contributed by atoms with van der Waals surface area (Å²) in [7, 11) is 0. The van der Waals surface area contributed by atoms with Crippen molar-refractivity contribution in [3.05, 3.63) is 59.7 Å². The number of hydrogen-bond donors (Lipinski definition) is 2. The number of piperidine rings is 3. The first-order valence-electron chi connectivity index (χ1n) is 16.4. The predicted octanol–water partition coefficient (Wildman–Crippen LogP) is 4.47. The molecule has 0 aromatic heterocycles. The van der Waals surface area contributed by atoms with Gasteiger partial charge < -0.3 is 34.8 Å². The highest BCUT2D eigenvalue weighted by molar-refractivity contribution is 5.91. The number of rotatable bonds is 6. The molecule has 4 heterocycles. The Labute approximate surface area is 259 Å². The SMILES string of the molecule is O=C(O[C@H](Cc1ccc(O)cc1)C(=O)N1CCC(N2CCCCC2)CC1)N1CCC(N2CCc3ccccc3NC2=O)CC1. The fourth-order valence-corrected chi connectivity index (χ4v) is 7.26. The first kappa shape index (κ1) is 30.2. The molecule has 3 saturated heterocycles. The maximum absolute atomic E-state index is 13.8.